The molecule has 4 nitrogen and oxygen atoms in total. The molecule has 1 aromatic heterocycles. The Kier molecular flexibility index (Phi) is 3.46. The van der Waals surface area contributed by atoms with Gasteiger partial charge in [-0.15, -0.1) is 0 Å². The molecule has 0 saturated carbocycles. The molecule has 1 aromatic carbocycles. The van der Waals surface area contributed by atoms with Gasteiger partial charge in [-0.05, 0) is 34.1 Å². The fourth-order valence-corrected chi connectivity index (χ4v) is 2.19. The number of rotatable bonds is 4. The first-order valence-electron chi connectivity index (χ1n) is 5.07. The average molecular weight is 284 g/mol. The monoisotopic (exact) mass is 283 g/mol. The molecule has 2 rings (SSSR count). The van der Waals surface area contributed by atoms with Gasteiger partial charge >= 0.3 is 0 Å². The molecule has 86 valence electrons. The van der Waals surface area contributed by atoms with Gasteiger partial charge in [-0.3, -0.25) is 4.68 Å². The summed E-state index contributed by atoms with van der Waals surface area (Å²) in [6.07, 6.45) is 0. The van der Waals surface area contributed by atoms with Crippen LogP contribution in [-0.2, 0) is 11.8 Å². The topological polar surface area (TPSA) is 39.1 Å². The van der Waals surface area contributed by atoms with Crippen molar-refractivity contribution < 1.29 is 4.74 Å². The van der Waals surface area contributed by atoms with E-state index in [-0.39, 0.29) is 0 Å². The first-order valence-corrected chi connectivity index (χ1v) is 5.86. The van der Waals surface area contributed by atoms with E-state index < -0.39 is 0 Å². The number of hydrogen-bond acceptors (Lipinski definition) is 3. The van der Waals surface area contributed by atoms with Gasteiger partial charge in [0.25, 0.3) is 0 Å². The third-order valence-corrected chi connectivity index (χ3v) is 3.03. The summed E-state index contributed by atoms with van der Waals surface area (Å²) in [6, 6.07) is 6.19. The van der Waals surface area contributed by atoms with Crippen LogP contribution in [0.1, 0.15) is 0 Å². The van der Waals surface area contributed by atoms with Crippen LogP contribution in [0.2, 0.25) is 0 Å². The zero-order valence-corrected chi connectivity index (χ0v) is 10.9. The molecule has 5 heteroatoms. The van der Waals surface area contributed by atoms with Crippen LogP contribution in [0.5, 0.6) is 0 Å². The first-order chi connectivity index (χ1) is 7.72. The molecule has 0 saturated heterocycles. The van der Waals surface area contributed by atoms with Crippen LogP contribution in [0.4, 0.5) is 5.69 Å². The molecule has 1 heterocycles. The Labute approximate surface area is 103 Å². The van der Waals surface area contributed by atoms with E-state index in [2.05, 4.69) is 38.5 Å². The van der Waals surface area contributed by atoms with Gasteiger partial charge in [-0.2, -0.15) is 5.10 Å². The second-order valence-corrected chi connectivity index (χ2v) is 4.32. The minimum Gasteiger partial charge on any atom is -0.383 e. The minimum absolute atomic E-state index is 0.702. The molecule has 2 aromatic rings. The molecular weight excluding hydrogens is 270 g/mol. The first kappa shape index (κ1) is 11.4. The summed E-state index contributed by atoms with van der Waals surface area (Å²) in [6.45, 7) is 1.51. The normalized spacial score (nSPS) is 10.9. The summed E-state index contributed by atoms with van der Waals surface area (Å²) >= 11 is 3.43. The standard InChI is InChI=1S/C11H14BrN3O/c1-15-10-7-8(13-5-6-16-2)3-4-9(10)11(12)14-15/h3-4,7,13H,5-6H2,1-2H3. The third kappa shape index (κ3) is 2.20. The van der Waals surface area contributed by atoms with Crippen LogP contribution >= 0.6 is 15.9 Å². The van der Waals surface area contributed by atoms with Crippen molar-refractivity contribution in [2.24, 2.45) is 7.05 Å². The van der Waals surface area contributed by atoms with Crippen LogP contribution in [-0.4, -0.2) is 30.0 Å². The van der Waals surface area contributed by atoms with Crippen LogP contribution in [0.3, 0.4) is 0 Å². The van der Waals surface area contributed by atoms with Crippen molar-refractivity contribution in [2.75, 3.05) is 25.6 Å². The number of nitrogens with one attached hydrogen (secondary N) is 1. The van der Waals surface area contributed by atoms with Gasteiger partial charge in [0.05, 0.1) is 12.1 Å². The molecule has 0 aliphatic rings. The Morgan fingerprint density at radius 3 is 3.06 bits per heavy atom. The maximum atomic E-state index is 4.99. The number of fused-ring (bicyclic) bond motifs is 1. The molecule has 0 bridgehead atoms. The van der Waals surface area contributed by atoms with Crippen molar-refractivity contribution in [1.29, 1.82) is 0 Å². The van der Waals surface area contributed by atoms with Crippen molar-refractivity contribution >= 4 is 32.5 Å². The molecule has 0 amide bonds. The van der Waals surface area contributed by atoms with E-state index in [1.165, 1.54) is 0 Å². The van der Waals surface area contributed by atoms with E-state index in [9.17, 15) is 0 Å². The van der Waals surface area contributed by atoms with Crippen LogP contribution in [0.15, 0.2) is 22.8 Å². The third-order valence-electron chi connectivity index (χ3n) is 2.44. The molecule has 0 aliphatic heterocycles. The van der Waals surface area contributed by atoms with Crippen molar-refractivity contribution in [3.63, 3.8) is 0 Å². The predicted molar refractivity (Wildman–Crippen MR) is 68.8 cm³/mol. The molecule has 0 aliphatic carbocycles. The van der Waals surface area contributed by atoms with Gasteiger partial charge in [0.1, 0.15) is 4.60 Å². The predicted octanol–water partition coefficient (Wildman–Crippen LogP) is 2.39. The van der Waals surface area contributed by atoms with Crippen LogP contribution < -0.4 is 5.32 Å². The SMILES string of the molecule is COCCNc1ccc2c(Br)nn(C)c2c1. The van der Waals surface area contributed by atoms with E-state index >= 15 is 0 Å². The van der Waals surface area contributed by atoms with E-state index in [0.29, 0.717) is 6.61 Å². The number of aromatic nitrogens is 2. The molecule has 0 unspecified atom stereocenters. The summed E-state index contributed by atoms with van der Waals surface area (Å²) in [4.78, 5) is 0. The van der Waals surface area contributed by atoms with Gasteiger partial charge < -0.3 is 10.1 Å². The lowest BCUT2D eigenvalue weighted by molar-refractivity contribution is 0.211. The molecule has 16 heavy (non-hydrogen) atoms. The number of halogens is 1. The van der Waals surface area contributed by atoms with Gasteiger partial charge in [0, 0.05) is 31.8 Å². The zero-order valence-electron chi connectivity index (χ0n) is 9.33. The summed E-state index contributed by atoms with van der Waals surface area (Å²) in [5.74, 6) is 0. The number of benzene rings is 1. The maximum absolute atomic E-state index is 4.99. The Balaban J connectivity index is 2.25. The van der Waals surface area contributed by atoms with Gasteiger partial charge in [-0.25, -0.2) is 0 Å². The van der Waals surface area contributed by atoms with E-state index in [0.717, 1.165) is 27.7 Å². The average Bonchev–Trinajstić information content (AvgIpc) is 2.55. The molecule has 1 N–H and O–H groups in total. The number of hydrogen-bond donors (Lipinski definition) is 1. The smallest absolute Gasteiger partial charge is 0.135 e. The lowest BCUT2D eigenvalue weighted by atomic mass is 10.2. The Morgan fingerprint density at radius 1 is 1.50 bits per heavy atom. The molecule has 0 atom stereocenters. The highest BCUT2D eigenvalue weighted by molar-refractivity contribution is 9.10. The largest absolute Gasteiger partial charge is 0.383 e. The van der Waals surface area contributed by atoms with Crippen molar-refractivity contribution in [2.45, 2.75) is 0 Å². The second kappa shape index (κ2) is 4.84. The molecule has 0 fully saturated rings. The van der Waals surface area contributed by atoms with Crippen molar-refractivity contribution in [3.8, 4) is 0 Å². The molecule has 0 spiro atoms. The number of methoxy groups -OCH3 is 1. The number of nitrogens with zero attached hydrogens (tertiary/aromatic N) is 2. The lowest BCUT2D eigenvalue weighted by Gasteiger charge is -2.05. The maximum Gasteiger partial charge on any atom is 0.135 e. The molecular formula is C11H14BrN3O. The summed E-state index contributed by atoms with van der Waals surface area (Å²) in [5.41, 5.74) is 2.19. The second-order valence-electron chi connectivity index (χ2n) is 3.57. The zero-order chi connectivity index (χ0) is 11.5. The number of ether oxygens (including phenoxy) is 1. The summed E-state index contributed by atoms with van der Waals surface area (Å²) < 4.78 is 7.74. The van der Waals surface area contributed by atoms with Crippen LogP contribution in [0.25, 0.3) is 10.9 Å². The molecule has 0 radical (unpaired) electrons. The van der Waals surface area contributed by atoms with Gasteiger partial charge in [0.2, 0.25) is 0 Å². The highest BCUT2D eigenvalue weighted by Gasteiger charge is 2.05. The lowest BCUT2D eigenvalue weighted by Crippen LogP contribution is -2.07. The quantitative estimate of drug-likeness (QED) is 0.876. The highest BCUT2D eigenvalue weighted by atomic mass is 79.9. The van der Waals surface area contributed by atoms with Crippen molar-refractivity contribution in [1.82, 2.24) is 9.78 Å². The Morgan fingerprint density at radius 2 is 2.31 bits per heavy atom. The van der Waals surface area contributed by atoms with E-state index in [4.69, 9.17) is 4.74 Å². The Bertz CT molecular complexity index is 495. The van der Waals surface area contributed by atoms with Crippen molar-refractivity contribution in [3.05, 3.63) is 22.8 Å². The minimum atomic E-state index is 0.702. The number of anilines is 1. The van der Waals surface area contributed by atoms with E-state index in [1.54, 1.807) is 7.11 Å². The van der Waals surface area contributed by atoms with Gasteiger partial charge in [-0.1, -0.05) is 0 Å². The van der Waals surface area contributed by atoms with Gasteiger partial charge in [0.15, 0.2) is 0 Å². The fourth-order valence-electron chi connectivity index (χ4n) is 1.62. The van der Waals surface area contributed by atoms with Crippen LogP contribution in [0, 0.1) is 0 Å². The Hall–Kier alpha value is -1.07. The fraction of sp³-hybridized carbons (Fsp3) is 0.364. The van der Waals surface area contributed by atoms with E-state index in [1.807, 2.05) is 17.8 Å². The number of aryl methyl sites for hydroxylation is 1. The summed E-state index contributed by atoms with van der Waals surface area (Å²) in [5, 5.41) is 8.73. The summed E-state index contributed by atoms with van der Waals surface area (Å²) in [7, 11) is 3.63. The highest BCUT2D eigenvalue weighted by Crippen LogP contribution is 2.25.